The van der Waals surface area contributed by atoms with E-state index in [1.165, 1.54) is 0 Å². The third-order valence-electron chi connectivity index (χ3n) is 7.57. The molecular formula is C20H22N4O8. The zero-order valence-corrected chi connectivity index (χ0v) is 16.9. The van der Waals surface area contributed by atoms with Gasteiger partial charge in [0.1, 0.15) is 0 Å². The molecule has 4 amide bonds. The van der Waals surface area contributed by atoms with Gasteiger partial charge in [-0.3, -0.25) is 28.8 Å². The number of carbonyl (C=O) groups excluding carboxylic acids is 6. The van der Waals surface area contributed by atoms with Gasteiger partial charge in [-0.1, -0.05) is 12.2 Å². The highest BCUT2D eigenvalue weighted by atomic mass is 16.6. The maximum absolute atomic E-state index is 13.0. The minimum Gasteiger partial charge on any atom is -0.443 e. The Balaban J connectivity index is 1.38. The van der Waals surface area contributed by atoms with Crippen molar-refractivity contribution in [3.8, 4) is 0 Å². The molecule has 12 nitrogen and oxygen atoms in total. The number of fused-ring (bicyclic) bond motifs is 1. The molecule has 2 saturated carbocycles. The van der Waals surface area contributed by atoms with Crippen LogP contribution in [-0.4, -0.2) is 71.9 Å². The van der Waals surface area contributed by atoms with Crippen molar-refractivity contribution in [2.75, 3.05) is 26.6 Å². The summed E-state index contributed by atoms with van der Waals surface area (Å²) in [4.78, 5) is 76.6. The van der Waals surface area contributed by atoms with E-state index in [4.69, 9.17) is 20.9 Å². The van der Waals surface area contributed by atoms with Crippen LogP contribution in [0.3, 0.4) is 0 Å². The van der Waals surface area contributed by atoms with Gasteiger partial charge in [0.05, 0.1) is 36.8 Å². The van der Waals surface area contributed by atoms with E-state index in [1.54, 1.807) is 0 Å². The SMILES string of the molecule is NCC(=O)OCN1C(=O)[C@@H]2[C@H]3C=C[C@@H]([C@H]2C1=O)[C@H]1[C@H]2C(=O)N(COC(=O)CN)C(=O)[C@@H]2[C@@H]31. The van der Waals surface area contributed by atoms with Crippen molar-refractivity contribution in [2.45, 2.75) is 0 Å². The quantitative estimate of drug-likeness (QED) is 0.245. The first-order valence-corrected chi connectivity index (χ1v) is 10.4. The lowest BCUT2D eigenvalue weighted by atomic mass is 9.40. The summed E-state index contributed by atoms with van der Waals surface area (Å²) in [5.74, 6) is -7.07. The Hall–Kier alpha value is -3.12. The first-order chi connectivity index (χ1) is 15.3. The number of nitrogens with two attached hydrogens (primary N) is 2. The summed E-state index contributed by atoms with van der Waals surface area (Å²) < 4.78 is 9.78. The van der Waals surface area contributed by atoms with Gasteiger partial charge in [0.2, 0.25) is 23.6 Å². The van der Waals surface area contributed by atoms with Crippen LogP contribution < -0.4 is 11.5 Å². The first-order valence-electron chi connectivity index (χ1n) is 10.4. The molecule has 4 fully saturated rings. The summed E-state index contributed by atoms with van der Waals surface area (Å²) in [6.07, 6.45) is 3.72. The molecule has 0 radical (unpaired) electrons. The van der Waals surface area contributed by atoms with E-state index in [0.717, 1.165) is 9.80 Å². The fraction of sp³-hybridized carbons (Fsp3) is 0.600. The molecule has 4 aliphatic carbocycles. The maximum atomic E-state index is 13.0. The number of hydrogen-bond donors (Lipinski definition) is 2. The summed E-state index contributed by atoms with van der Waals surface area (Å²) in [6, 6.07) is 0. The molecule has 0 aromatic carbocycles. The fourth-order valence-corrected chi connectivity index (χ4v) is 6.37. The second-order valence-electron chi connectivity index (χ2n) is 8.71. The van der Waals surface area contributed by atoms with Gasteiger partial charge in [-0.2, -0.15) is 0 Å². The van der Waals surface area contributed by atoms with Gasteiger partial charge >= 0.3 is 11.9 Å². The zero-order valence-electron chi connectivity index (χ0n) is 16.9. The van der Waals surface area contributed by atoms with Crippen LogP contribution in [0.4, 0.5) is 0 Å². The molecule has 0 unspecified atom stereocenters. The lowest BCUT2D eigenvalue weighted by molar-refractivity contribution is -0.166. The number of amides is 4. The second-order valence-corrected chi connectivity index (χ2v) is 8.71. The molecule has 2 aliphatic heterocycles. The van der Waals surface area contributed by atoms with Crippen molar-refractivity contribution in [2.24, 2.45) is 58.8 Å². The first kappa shape index (κ1) is 20.8. The third-order valence-corrected chi connectivity index (χ3v) is 7.57. The summed E-state index contributed by atoms with van der Waals surface area (Å²) in [5, 5.41) is 0. The average Bonchev–Trinajstić information content (AvgIpc) is 3.14. The number of esters is 2. The van der Waals surface area contributed by atoms with Gasteiger partial charge < -0.3 is 20.9 Å². The Morgan fingerprint density at radius 1 is 0.688 bits per heavy atom. The lowest BCUT2D eigenvalue weighted by Gasteiger charge is -2.60. The van der Waals surface area contributed by atoms with Crippen LogP contribution in [-0.2, 0) is 38.2 Å². The van der Waals surface area contributed by atoms with Crippen LogP contribution in [0.25, 0.3) is 0 Å². The van der Waals surface area contributed by atoms with Gasteiger partial charge in [-0.25, -0.2) is 9.80 Å². The highest BCUT2D eigenvalue weighted by Gasteiger charge is 2.75. The van der Waals surface area contributed by atoms with Crippen LogP contribution in [0.1, 0.15) is 0 Å². The van der Waals surface area contributed by atoms with Crippen molar-refractivity contribution >= 4 is 35.6 Å². The summed E-state index contributed by atoms with van der Waals surface area (Å²) in [5.41, 5.74) is 10.4. The monoisotopic (exact) mass is 446 g/mol. The van der Waals surface area contributed by atoms with Gasteiger partial charge in [-0.15, -0.1) is 0 Å². The summed E-state index contributed by atoms with van der Waals surface area (Å²) >= 11 is 0. The number of allylic oxidation sites excluding steroid dienone is 2. The molecule has 0 spiro atoms. The Bertz CT molecular complexity index is 923. The predicted octanol–water partition coefficient (Wildman–Crippen LogP) is -2.83. The Kier molecular flexibility index (Phi) is 4.67. The number of likely N-dealkylation sites (tertiary alicyclic amines) is 2. The number of imide groups is 2. The number of hydrogen-bond acceptors (Lipinski definition) is 10. The van der Waals surface area contributed by atoms with Crippen molar-refractivity contribution in [1.82, 2.24) is 9.80 Å². The molecule has 2 heterocycles. The molecule has 12 heteroatoms. The van der Waals surface area contributed by atoms with Gasteiger partial charge in [-0.05, 0) is 23.7 Å². The van der Waals surface area contributed by atoms with Crippen molar-refractivity contribution in [3.63, 3.8) is 0 Å². The van der Waals surface area contributed by atoms with E-state index >= 15 is 0 Å². The number of rotatable bonds is 6. The van der Waals surface area contributed by atoms with Crippen LogP contribution >= 0.6 is 0 Å². The Labute approximate surface area is 181 Å². The van der Waals surface area contributed by atoms with Crippen LogP contribution in [0.2, 0.25) is 0 Å². The Morgan fingerprint density at radius 2 is 1.03 bits per heavy atom. The second kappa shape index (κ2) is 7.20. The molecular weight excluding hydrogens is 424 g/mol. The standard InChI is InChI=1S/C20H22N4O8/c21-3-9(25)31-5-23-17(27)13-7-1-2-8(14(13)18(23)28)12-11(7)15-16(12)20(30)24(19(15)29)6-32-10(26)4-22/h1-2,7-8,11-16H,3-6,21-22H2/t7-,8+,11-,12+,13-,14-,15-,16-/m1/s1. The fourth-order valence-electron chi connectivity index (χ4n) is 6.37. The summed E-state index contributed by atoms with van der Waals surface area (Å²) in [6.45, 7) is -1.73. The average molecular weight is 446 g/mol. The van der Waals surface area contributed by atoms with Crippen molar-refractivity contribution in [3.05, 3.63) is 12.2 Å². The minimum atomic E-state index is -0.734. The van der Waals surface area contributed by atoms with Crippen molar-refractivity contribution in [1.29, 1.82) is 0 Å². The number of carbonyl (C=O) groups is 6. The maximum Gasteiger partial charge on any atom is 0.321 e. The molecule has 32 heavy (non-hydrogen) atoms. The molecule has 2 bridgehead atoms. The van der Waals surface area contributed by atoms with E-state index < -0.39 is 72.7 Å². The lowest BCUT2D eigenvalue weighted by Crippen LogP contribution is -2.63. The molecule has 0 aromatic rings. The van der Waals surface area contributed by atoms with Gasteiger partial charge in [0, 0.05) is 0 Å². The number of nitrogens with zero attached hydrogens (tertiary/aromatic N) is 2. The highest BCUT2D eigenvalue weighted by molar-refractivity contribution is 6.09. The molecule has 6 aliphatic rings. The largest absolute Gasteiger partial charge is 0.443 e. The van der Waals surface area contributed by atoms with Gasteiger partial charge in [0.15, 0.2) is 13.5 Å². The minimum absolute atomic E-state index is 0.258. The Morgan fingerprint density at radius 3 is 1.38 bits per heavy atom. The van der Waals surface area contributed by atoms with E-state index in [2.05, 4.69) is 0 Å². The predicted molar refractivity (Wildman–Crippen MR) is 101 cm³/mol. The van der Waals surface area contributed by atoms with Crippen molar-refractivity contribution < 1.29 is 38.2 Å². The molecule has 0 aromatic heterocycles. The molecule has 170 valence electrons. The molecule has 2 saturated heterocycles. The molecule has 8 atom stereocenters. The smallest absolute Gasteiger partial charge is 0.321 e. The highest BCUT2D eigenvalue weighted by Crippen LogP contribution is 2.68. The molecule has 6 rings (SSSR count). The molecule has 4 N–H and O–H groups in total. The van der Waals surface area contributed by atoms with Gasteiger partial charge in [0.25, 0.3) is 0 Å². The normalized spacial score (nSPS) is 38.4. The topological polar surface area (TPSA) is 179 Å². The summed E-state index contributed by atoms with van der Waals surface area (Å²) in [7, 11) is 0. The van der Waals surface area contributed by atoms with Crippen LogP contribution in [0, 0.1) is 47.3 Å². The van der Waals surface area contributed by atoms with E-state index in [1.807, 2.05) is 12.2 Å². The third kappa shape index (κ3) is 2.56. The van der Waals surface area contributed by atoms with E-state index in [0.29, 0.717) is 0 Å². The van der Waals surface area contributed by atoms with Crippen LogP contribution in [0.15, 0.2) is 12.2 Å². The zero-order chi connectivity index (χ0) is 22.9. The number of ether oxygens (including phenoxy) is 2. The van der Waals surface area contributed by atoms with E-state index in [-0.39, 0.29) is 36.8 Å². The van der Waals surface area contributed by atoms with E-state index in [9.17, 15) is 28.8 Å². The van der Waals surface area contributed by atoms with Crippen LogP contribution in [0.5, 0.6) is 0 Å².